The summed E-state index contributed by atoms with van der Waals surface area (Å²) in [6, 6.07) is 18.8. The summed E-state index contributed by atoms with van der Waals surface area (Å²) in [6.45, 7) is 2.18. The Hall–Kier alpha value is -2.29. The van der Waals surface area contributed by atoms with Gasteiger partial charge in [0.05, 0.1) is 12.5 Å². The number of nitrogens with zero attached hydrogens (tertiary/aromatic N) is 1. The summed E-state index contributed by atoms with van der Waals surface area (Å²) in [7, 11) is 3.70. The number of likely N-dealkylation sites (tertiary alicyclic amines) is 1. The molecule has 0 amide bonds. The molecule has 0 aliphatic carbocycles. The van der Waals surface area contributed by atoms with Crippen molar-refractivity contribution in [3.05, 3.63) is 65.7 Å². The van der Waals surface area contributed by atoms with Crippen LogP contribution in [-0.4, -0.2) is 30.9 Å². The van der Waals surface area contributed by atoms with Crippen LogP contribution in [0.15, 0.2) is 54.6 Å². The van der Waals surface area contributed by atoms with Gasteiger partial charge in [-0.1, -0.05) is 42.5 Å². The third-order valence-electron chi connectivity index (χ3n) is 4.85. The number of methoxy groups -OCH3 is 1. The minimum absolute atomic E-state index is 0.332. The van der Waals surface area contributed by atoms with E-state index in [9.17, 15) is 0 Å². The molecule has 1 aliphatic rings. The summed E-state index contributed by atoms with van der Waals surface area (Å²) in [6.07, 6.45) is 0.902. The van der Waals surface area contributed by atoms with Gasteiger partial charge in [0.15, 0.2) is 0 Å². The molecule has 114 valence electrons. The number of hydrogen-bond donors (Lipinski definition) is 1. The fourth-order valence-corrected chi connectivity index (χ4v) is 3.49. The largest absolute Gasteiger partial charge is 0.497 e. The molecular weight excluding hydrogens is 272 g/mol. The van der Waals surface area contributed by atoms with Crippen molar-refractivity contribution in [2.24, 2.45) is 0 Å². The molecule has 1 heterocycles. The lowest BCUT2D eigenvalue weighted by Gasteiger charge is -2.31. The third-order valence-corrected chi connectivity index (χ3v) is 4.85. The van der Waals surface area contributed by atoms with Crippen molar-refractivity contribution < 1.29 is 4.74 Å². The second-order valence-corrected chi connectivity index (χ2v) is 6.02. The molecule has 1 fully saturated rings. The van der Waals surface area contributed by atoms with E-state index in [2.05, 4.69) is 36.1 Å². The van der Waals surface area contributed by atoms with Crippen molar-refractivity contribution in [3.8, 4) is 5.75 Å². The maximum absolute atomic E-state index is 8.78. The Labute approximate surface area is 132 Å². The van der Waals surface area contributed by atoms with Gasteiger partial charge in [0.1, 0.15) is 11.6 Å². The number of rotatable bonds is 3. The van der Waals surface area contributed by atoms with Gasteiger partial charge >= 0.3 is 0 Å². The van der Waals surface area contributed by atoms with Crippen LogP contribution in [0.25, 0.3) is 0 Å². The fraction of sp³-hybridized carbons (Fsp3) is 0.316. The summed E-state index contributed by atoms with van der Waals surface area (Å²) in [5.41, 5.74) is 1.90. The quantitative estimate of drug-likeness (QED) is 0.937. The number of benzene rings is 2. The zero-order chi connectivity index (χ0) is 15.7. The molecular formula is C19H22N2O. The summed E-state index contributed by atoms with van der Waals surface area (Å²) in [5, 5.41) is 8.78. The van der Waals surface area contributed by atoms with E-state index in [-0.39, 0.29) is 0 Å². The van der Waals surface area contributed by atoms with Crippen LogP contribution in [0.1, 0.15) is 24.5 Å². The molecule has 1 saturated heterocycles. The van der Waals surface area contributed by atoms with Crippen molar-refractivity contribution in [1.82, 2.24) is 4.90 Å². The van der Waals surface area contributed by atoms with E-state index in [0.29, 0.717) is 11.9 Å². The monoisotopic (exact) mass is 294 g/mol. The van der Waals surface area contributed by atoms with Crippen LogP contribution in [0.2, 0.25) is 0 Å². The minimum atomic E-state index is -0.399. The molecule has 2 aromatic carbocycles. The van der Waals surface area contributed by atoms with Gasteiger partial charge in [-0.3, -0.25) is 5.41 Å². The van der Waals surface area contributed by atoms with Crippen LogP contribution >= 0.6 is 0 Å². The zero-order valence-electron chi connectivity index (χ0n) is 13.3. The number of nitrogens with one attached hydrogen (secondary N) is 1. The maximum Gasteiger partial charge on any atom is 0.119 e. The highest BCUT2D eigenvalue weighted by Crippen LogP contribution is 2.44. The average molecular weight is 294 g/mol. The molecule has 2 aromatic rings. The maximum atomic E-state index is 8.78. The van der Waals surface area contributed by atoms with Crippen molar-refractivity contribution in [2.75, 3.05) is 14.2 Å². The molecule has 1 N–H and O–H groups in total. The van der Waals surface area contributed by atoms with Crippen LogP contribution in [0.4, 0.5) is 0 Å². The molecule has 2 atom stereocenters. The van der Waals surface area contributed by atoms with Gasteiger partial charge in [-0.25, -0.2) is 0 Å². The van der Waals surface area contributed by atoms with Gasteiger partial charge in [0.2, 0.25) is 0 Å². The predicted octanol–water partition coefficient (Wildman–Crippen LogP) is 3.68. The molecule has 3 heteroatoms. The SMILES string of the molecule is COc1cccc(C2(c3ccccc3)CC(C)N(C)C2=N)c1. The smallest absolute Gasteiger partial charge is 0.119 e. The van der Waals surface area contributed by atoms with Gasteiger partial charge in [-0.15, -0.1) is 0 Å². The molecule has 0 saturated carbocycles. The molecule has 2 unspecified atom stereocenters. The van der Waals surface area contributed by atoms with Gasteiger partial charge in [0, 0.05) is 13.1 Å². The fourth-order valence-electron chi connectivity index (χ4n) is 3.49. The second-order valence-electron chi connectivity index (χ2n) is 6.02. The van der Waals surface area contributed by atoms with E-state index in [1.54, 1.807) is 7.11 Å². The van der Waals surface area contributed by atoms with Crippen LogP contribution in [-0.2, 0) is 5.41 Å². The van der Waals surface area contributed by atoms with Crippen LogP contribution in [0.3, 0.4) is 0 Å². The normalized spacial score (nSPS) is 24.6. The Kier molecular flexibility index (Phi) is 3.65. The lowest BCUT2D eigenvalue weighted by Crippen LogP contribution is -2.37. The minimum Gasteiger partial charge on any atom is -0.497 e. The Bertz CT molecular complexity index is 683. The molecule has 0 aromatic heterocycles. The summed E-state index contributed by atoms with van der Waals surface area (Å²) in [5.74, 6) is 1.49. The van der Waals surface area contributed by atoms with E-state index < -0.39 is 5.41 Å². The molecule has 0 bridgehead atoms. The van der Waals surface area contributed by atoms with Gasteiger partial charge in [-0.2, -0.15) is 0 Å². The van der Waals surface area contributed by atoms with E-state index >= 15 is 0 Å². The first-order valence-corrected chi connectivity index (χ1v) is 7.61. The zero-order valence-corrected chi connectivity index (χ0v) is 13.3. The van der Waals surface area contributed by atoms with Crippen molar-refractivity contribution in [3.63, 3.8) is 0 Å². The Morgan fingerprint density at radius 2 is 1.77 bits per heavy atom. The Morgan fingerprint density at radius 1 is 1.09 bits per heavy atom. The molecule has 0 spiro atoms. The van der Waals surface area contributed by atoms with Crippen molar-refractivity contribution in [1.29, 1.82) is 5.41 Å². The van der Waals surface area contributed by atoms with Crippen LogP contribution in [0.5, 0.6) is 5.75 Å². The number of amidine groups is 1. The first-order valence-electron chi connectivity index (χ1n) is 7.61. The van der Waals surface area contributed by atoms with E-state index in [4.69, 9.17) is 10.1 Å². The number of likely N-dealkylation sites (N-methyl/N-ethyl adjacent to an activating group) is 1. The highest BCUT2D eigenvalue weighted by Gasteiger charge is 2.48. The predicted molar refractivity (Wildman–Crippen MR) is 89.8 cm³/mol. The van der Waals surface area contributed by atoms with Crippen molar-refractivity contribution >= 4 is 5.84 Å². The Balaban J connectivity index is 2.22. The first-order chi connectivity index (χ1) is 10.6. The molecule has 3 rings (SSSR count). The first kappa shape index (κ1) is 14.6. The average Bonchev–Trinajstić information content (AvgIpc) is 2.81. The third kappa shape index (κ3) is 2.08. The highest BCUT2D eigenvalue weighted by molar-refractivity contribution is 5.96. The van der Waals surface area contributed by atoms with Crippen molar-refractivity contribution in [2.45, 2.75) is 24.8 Å². The lowest BCUT2D eigenvalue weighted by atomic mass is 9.72. The topological polar surface area (TPSA) is 36.3 Å². The molecule has 1 aliphatic heterocycles. The number of hydrogen-bond acceptors (Lipinski definition) is 2. The summed E-state index contributed by atoms with van der Waals surface area (Å²) >= 11 is 0. The van der Waals surface area contributed by atoms with Crippen LogP contribution in [0, 0.1) is 5.41 Å². The Morgan fingerprint density at radius 3 is 2.36 bits per heavy atom. The van der Waals surface area contributed by atoms with E-state index in [1.165, 1.54) is 5.56 Å². The summed E-state index contributed by atoms with van der Waals surface area (Å²) < 4.78 is 5.40. The second kappa shape index (κ2) is 5.48. The highest BCUT2D eigenvalue weighted by atomic mass is 16.5. The standard InChI is InChI=1S/C19H22N2O/c1-14-13-19(18(20)21(14)2,15-8-5-4-6-9-15)16-10-7-11-17(12-16)22-3/h4-12,14,20H,13H2,1-3H3. The number of ether oxygens (including phenoxy) is 1. The van der Waals surface area contributed by atoms with Crippen LogP contribution < -0.4 is 4.74 Å². The van der Waals surface area contributed by atoms with E-state index in [1.807, 2.05) is 37.4 Å². The van der Waals surface area contributed by atoms with Gasteiger partial charge in [-0.05, 0) is 36.6 Å². The van der Waals surface area contributed by atoms with Gasteiger partial charge < -0.3 is 9.64 Å². The van der Waals surface area contributed by atoms with Gasteiger partial charge in [0.25, 0.3) is 0 Å². The van der Waals surface area contributed by atoms with E-state index in [0.717, 1.165) is 17.7 Å². The molecule has 0 radical (unpaired) electrons. The molecule has 3 nitrogen and oxygen atoms in total. The molecule has 22 heavy (non-hydrogen) atoms. The lowest BCUT2D eigenvalue weighted by molar-refractivity contribution is 0.410. The summed E-state index contributed by atoms with van der Waals surface area (Å²) in [4.78, 5) is 2.08.